The molecule has 1 radical (unpaired) electrons. The average Bonchev–Trinajstić information content (AvgIpc) is 2.54. The lowest BCUT2D eigenvalue weighted by atomic mass is 10.0. The van der Waals surface area contributed by atoms with Crippen molar-refractivity contribution in [3.05, 3.63) is 0 Å². The van der Waals surface area contributed by atoms with Crippen LogP contribution in [0.3, 0.4) is 0 Å². The first-order valence-electron chi connectivity index (χ1n) is 9.43. The van der Waals surface area contributed by atoms with Gasteiger partial charge in [0.2, 0.25) is 0 Å². The van der Waals surface area contributed by atoms with Crippen molar-refractivity contribution < 1.29 is 14.6 Å². The highest BCUT2D eigenvalue weighted by Gasteiger charge is 2.01. The molecule has 0 amide bonds. The summed E-state index contributed by atoms with van der Waals surface area (Å²) in [6.07, 6.45) is 16.9. The van der Waals surface area contributed by atoms with Crippen LogP contribution in [0.15, 0.2) is 0 Å². The van der Waals surface area contributed by atoms with Crippen LogP contribution in [0.5, 0.6) is 0 Å². The minimum Gasteiger partial charge on any atom is -0.469 e. The van der Waals surface area contributed by atoms with Crippen LogP contribution in [0.2, 0.25) is 0 Å². The Labute approximate surface area is 137 Å². The molecule has 0 aromatic carbocycles. The molecule has 1 unspecified atom stereocenters. The summed E-state index contributed by atoms with van der Waals surface area (Å²) < 4.78 is 4.62. The number of methoxy groups -OCH3 is 1. The van der Waals surface area contributed by atoms with Gasteiger partial charge in [-0.15, -0.1) is 0 Å². The van der Waals surface area contributed by atoms with Crippen LogP contribution in [0.4, 0.5) is 0 Å². The smallest absolute Gasteiger partial charge is 0.305 e. The minimum atomic E-state index is -0.326. The van der Waals surface area contributed by atoms with Crippen LogP contribution < -0.4 is 0 Å². The molecule has 0 aliphatic carbocycles. The number of carbonyl (C=O) groups excluding carboxylic acids is 1. The molecule has 0 heterocycles. The third-order valence-corrected chi connectivity index (χ3v) is 4.34. The van der Waals surface area contributed by atoms with Crippen LogP contribution in [0, 0.1) is 0 Å². The molecule has 131 valence electrons. The molecule has 0 spiro atoms. The van der Waals surface area contributed by atoms with E-state index in [-0.39, 0.29) is 12.1 Å². The van der Waals surface area contributed by atoms with Crippen molar-refractivity contribution in [3.63, 3.8) is 0 Å². The Morgan fingerprint density at radius 3 is 1.59 bits per heavy atom. The van der Waals surface area contributed by atoms with E-state index in [2.05, 4.69) is 4.74 Å². The van der Waals surface area contributed by atoms with Gasteiger partial charge in [0.15, 0.2) is 0 Å². The molecular formula is C19H37O3. The van der Waals surface area contributed by atoms with Gasteiger partial charge in [0.25, 0.3) is 0 Å². The largest absolute Gasteiger partial charge is 0.469 e. The molecule has 0 bridgehead atoms. The van der Waals surface area contributed by atoms with E-state index in [1.165, 1.54) is 64.9 Å². The summed E-state index contributed by atoms with van der Waals surface area (Å²) in [6.45, 7) is 1.98. The summed E-state index contributed by atoms with van der Waals surface area (Å²) in [7, 11) is 1.45. The number of hydrogen-bond donors (Lipinski definition) is 0. The SMILES string of the molecule is CCC([O])CCCCCCCCCCCCCCC(=O)OC. The van der Waals surface area contributed by atoms with Crippen LogP contribution in [0.25, 0.3) is 0 Å². The van der Waals surface area contributed by atoms with Crippen molar-refractivity contribution >= 4 is 5.97 Å². The summed E-state index contributed by atoms with van der Waals surface area (Å²) >= 11 is 0. The van der Waals surface area contributed by atoms with Gasteiger partial charge in [-0.1, -0.05) is 77.6 Å². The van der Waals surface area contributed by atoms with Gasteiger partial charge in [-0.3, -0.25) is 4.79 Å². The fraction of sp³-hybridized carbons (Fsp3) is 0.947. The van der Waals surface area contributed by atoms with E-state index in [0.717, 1.165) is 32.1 Å². The molecule has 0 fully saturated rings. The Morgan fingerprint density at radius 2 is 1.18 bits per heavy atom. The van der Waals surface area contributed by atoms with Crippen LogP contribution in [-0.4, -0.2) is 19.2 Å². The molecule has 22 heavy (non-hydrogen) atoms. The number of carbonyl (C=O) groups is 1. The van der Waals surface area contributed by atoms with E-state index in [4.69, 9.17) is 0 Å². The fourth-order valence-corrected chi connectivity index (χ4v) is 2.72. The van der Waals surface area contributed by atoms with Crippen molar-refractivity contribution in [2.45, 2.75) is 109 Å². The Bertz CT molecular complexity index is 241. The maximum Gasteiger partial charge on any atom is 0.305 e. The van der Waals surface area contributed by atoms with E-state index in [1.54, 1.807) is 0 Å². The van der Waals surface area contributed by atoms with E-state index in [1.807, 2.05) is 6.92 Å². The molecule has 0 rings (SSSR count). The van der Waals surface area contributed by atoms with Crippen molar-refractivity contribution in [1.82, 2.24) is 0 Å². The van der Waals surface area contributed by atoms with Gasteiger partial charge in [-0.05, 0) is 19.3 Å². The zero-order chi connectivity index (χ0) is 16.5. The normalized spacial score (nSPS) is 12.3. The van der Waals surface area contributed by atoms with E-state index in [0.29, 0.717) is 6.42 Å². The Hall–Kier alpha value is -0.570. The van der Waals surface area contributed by atoms with Crippen molar-refractivity contribution in [1.29, 1.82) is 0 Å². The molecule has 0 aliphatic heterocycles. The first kappa shape index (κ1) is 21.4. The van der Waals surface area contributed by atoms with Gasteiger partial charge in [-0.2, -0.15) is 0 Å². The lowest BCUT2D eigenvalue weighted by Gasteiger charge is -2.05. The van der Waals surface area contributed by atoms with Gasteiger partial charge in [-0.25, -0.2) is 5.11 Å². The lowest BCUT2D eigenvalue weighted by Crippen LogP contribution is -2.01. The predicted octanol–water partition coefficient (Wildman–Crippen LogP) is 5.83. The molecule has 1 atom stereocenters. The number of unbranched alkanes of at least 4 members (excludes halogenated alkanes) is 11. The third kappa shape index (κ3) is 15.8. The Kier molecular flexibility index (Phi) is 16.4. The highest BCUT2D eigenvalue weighted by atomic mass is 16.5. The Morgan fingerprint density at radius 1 is 0.773 bits per heavy atom. The second-order valence-corrected chi connectivity index (χ2v) is 6.39. The molecule has 0 saturated carbocycles. The highest BCUT2D eigenvalue weighted by molar-refractivity contribution is 5.68. The number of rotatable bonds is 16. The predicted molar refractivity (Wildman–Crippen MR) is 91.4 cm³/mol. The van der Waals surface area contributed by atoms with Gasteiger partial charge in [0.05, 0.1) is 13.2 Å². The fourth-order valence-electron chi connectivity index (χ4n) is 2.72. The first-order chi connectivity index (χ1) is 10.7. The summed E-state index contributed by atoms with van der Waals surface area (Å²) in [5.74, 6) is -0.0829. The third-order valence-electron chi connectivity index (χ3n) is 4.34. The van der Waals surface area contributed by atoms with Gasteiger partial charge < -0.3 is 4.74 Å². The van der Waals surface area contributed by atoms with Crippen LogP contribution >= 0.6 is 0 Å². The van der Waals surface area contributed by atoms with Gasteiger partial charge in [0.1, 0.15) is 0 Å². The van der Waals surface area contributed by atoms with E-state index in [9.17, 15) is 9.90 Å². The molecule has 3 heteroatoms. The number of esters is 1. The monoisotopic (exact) mass is 313 g/mol. The van der Waals surface area contributed by atoms with Gasteiger partial charge in [0, 0.05) is 6.42 Å². The number of hydrogen-bond acceptors (Lipinski definition) is 2. The molecule has 0 N–H and O–H groups in total. The molecule has 0 saturated heterocycles. The number of ether oxygens (including phenoxy) is 1. The second kappa shape index (κ2) is 16.8. The summed E-state index contributed by atoms with van der Waals surface area (Å²) in [4.78, 5) is 10.9. The molecule has 3 nitrogen and oxygen atoms in total. The molecular weight excluding hydrogens is 276 g/mol. The molecule has 0 aliphatic rings. The van der Waals surface area contributed by atoms with Gasteiger partial charge >= 0.3 is 5.97 Å². The highest BCUT2D eigenvalue weighted by Crippen LogP contribution is 2.14. The zero-order valence-electron chi connectivity index (χ0n) is 14.9. The van der Waals surface area contributed by atoms with Crippen molar-refractivity contribution in [2.75, 3.05) is 7.11 Å². The van der Waals surface area contributed by atoms with Crippen LogP contribution in [-0.2, 0) is 14.6 Å². The molecule has 0 aromatic rings. The van der Waals surface area contributed by atoms with Crippen LogP contribution in [0.1, 0.15) is 103 Å². The standard InChI is InChI=1S/C19H37O3/c1-3-18(20)16-14-12-10-8-6-4-5-7-9-11-13-15-17-19(21)22-2/h18H,3-17H2,1-2H3. The maximum atomic E-state index is 11.2. The zero-order valence-corrected chi connectivity index (χ0v) is 14.9. The minimum absolute atomic E-state index is 0.0829. The van der Waals surface area contributed by atoms with E-state index < -0.39 is 0 Å². The maximum absolute atomic E-state index is 11.2. The first-order valence-corrected chi connectivity index (χ1v) is 9.43. The van der Waals surface area contributed by atoms with Crippen molar-refractivity contribution in [3.8, 4) is 0 Å². The summed E-state index contributed by atoms with van der Waals surface area (Å²) in [5, 5.41) is 11.2. The molecule has 0 aromatic heterocycles. The average molecular weight is 314 g/mol. The summed E-state index contributed by atoms with van der Waals surface area (Å²) in [5.41, 5.74) is 0. The lowest BCUT2D eigenvalue weighted by molar-refractivity contribution is -0.140. The van der Waals surface area contributed by atoms with E-state index >= 15 is 0 Å². The second-order valence-electron chi connectivity index (χ2n) is 6.39. The van der Waals surface area contributed by atoms with Crippen molar-refractivity contribution in [2.24, 2.45) is 0 Å². The Balaban J connectivity index is 3.04. The topological polar surface area (TPSA) is 46.2 Å². The summed E-state index contributed by atoms with van der Waals surface area (Å²) in [6, 6.07) is 0. The quantitative estimate of drug-likeness (QED) is 0.266.